The average molecular weight is 347 g/mol. The summed E-state index contributed by atoms with van der Waals surface area (Å²) in [5, 5.41) is 13.2. The van der Waals surface area contributed by atoms with Gasteiger partial charge in [-0.2, -0.15) is 5.10 Å². The zero-order valence-corrected chi connectivity index (χ0v) is 13.1. The summed E-state index contributed by atoms with van der Waals surface area (Å²) < 4.78 is 36.6. The quantitative estimate of drug-likeness (QED) is 0.636. The minimum absolute atomic E-state index is 0.106. The molecule has 0 aliphatic rings. The molecular formula is C13H12ClFN2O4S. The lowest BCUT2D eigenvalue weighted by molar-refractivity contribution is 0.103. The Morgan fingerprint density at radius 1 is 1.41 bits per heavy atom. The fraction of sp³-hybridized carbons (Fsp3) is 0.231. The van der Waals surface area contributed by atoms with E-state index in [0.29, 0.717) is 6.54 Å². The van der Waals surface area contributed by atoms with Crippen LogP contribution in [0.3, 0.4) is 0 Å². The normalized spacial score (nSPS) is 11.1. The Bertz CT molecular complexity index is 809. The lowest BCUT2D eigenvalue weighted by Gasteiger charge is -2.07. The van der Waals surface area contributed by atoms with Crippen molar-refractivity contribution in [2.24, 2.45) is 0 Å². The highest BCUT2D eigenvalue weighted by Crippen LogP contribution is 2.28. The number of nitrogens with zero attached hydrogens (tertiary/aromatic N) is 2. The molecule has 1 aromatic carbocycles. The maximum absolute atomic E-state index is 14.0. The molecule has 6 nitrogen and oxygen atoms in total. The van der Waals surface area contributed by atoms with Crippen LogP contribution in [0.4, 0.5) is 4.39 Å². The molecule has 118 valence electrons. The van der Waals surface area contributed by atoms with Crippen molar-refractivity contribution in [3.05, 3.63) is 45.9 Å². The highest BCUT2D eigenvalue weighted by atomic mass is 35.5. The Balaban J connectivity index is 2.46. The first-order valence-corrected chi connectivity index (χ1v) is 7.99. The number of hydrogen-bond acceptors (Lipinski definition) is 5. The van der Waals surface area contributed by atoms with Crippen LogP contribution < -0.4 is 0 Å². The molecule has 1 heterocycles. The monoisotopic (exact) mass is 346 g/mol. The van der Waals surface area contributed by atoms with Crippen LogP contribution in [0.5, 0.6) is 5.88 Å². The molecule has 1 N–H and O–H groups in total. The van der Waals surface area contributed by atoms with Crippen LogP contribution in [-0.4, -0.2) is 29.1 Å². The van der Waals surface area contributed by atoms with E-state index in [2.05, 4.69) is 5.10 Å². The van der Waals surface area contributed by atoms with E-state index < -0.39 is 33.1 Å². The van der Waals surface area contributed by atoms with Crippen molar-refractivity contribution in [1.82, 2.24) is 9.78 Å². The number of carbonyl (C=O) groups excluding carboxylic acids is 1. The van der Waals surface area contributed by atoms with Gasteiger partial charge in [0, 0.05) is 17.7 Å². The van der Waals surface area contributed by atoms with Crippen molar-refractivity contribution in [2.45, 2.75) is 19.2 Å². The van der Waals surface area contributed by atoms with E-state index in [1.807, 2.05) is 0 Å². The zero-order chi connectivity index (χ0) is 16.4. The van der Waals surface area contributed by atoms with E-state index in [1.165, 1.54) is 16.8 Å². The van der Waals surface area contributed by atoms with Crippen LogP contribution in [0.2, 0.25) is 5.02 Å². The first-order valence-electron chi connectivity index (χ1n) is 6.25. The largest absolute Gasteiger partial charge is 0.493 e. The van der Waals surface area contributed by atoms with Gasteiger partial charge in [-0.05, 0) is 13.0 Å². The maximum Gasteiger partial charge on any atom is 0.220 e. The van der Waals surface area contributed by atoms with Crippen molar-refractivity contribution >= 4 is 28.1 Å². The second-order valence-electron chi connectivity index (χ2n) is 4.42. The highest BCUT2D eigenvalue weighted by molar-refractivity contribution is 7.71. The first-order chi connectivity index (χ1) is 10.4. The molecule has 0 aliphatic carbocycles. The number of ketones is 1. The standard InChI is InChI=1S/C13H12ClFN2O4S/c1-2-17-13(19)9(5-16-17)12(18)8-4-3-7(6-22(20)21)11(15)10(8)14/h3-5,19,22H,2,6H2,1H3. The van der Waals surface area contributed by atoms with Gasteiger partial charge in [-0.3, -0.25) is 4.79 Å². The molecule has 0 amide bonds. The van der Waals surface area contributed by atoms with Gasteiger partial charge in [-0.1, -0.05) is 17.7 Å². The third kappa shape index (κ3) is 2.97. The molecule has 1 aromatic heterocycles. The Morgan fingerprint density at radius 3 is 2.64 bits per heavy atom. The number of hydrogen-bond donors (Lipinski definition) is 2. The number of rotatable bonds is 5. The third-order valence-electron chi connectivity index (χ3n) is 3.06. The van der Waals surface area contributed by atoms with Gasteiger partial charge in [0.05, 0.1) is 17.0 Å². The molecule has 9 heteroatoms. The van der Waals surface area contributed by atoms with E-state index >= 15 is 0 Å². The lowest BCUT2D eigenvalue weighted by Crippen LogP contribution is -2.05. The molecule has 2 aromatic rings. The topological polar surface area (TPSA) is 89.3 Å². The van der Waals surface area contributed by atoms with Crippen LogP contribution in [0, 0.1) is 5.82 Å². The number of aromatic hydroxyl groups is 1. The number of halogens is 2. The summed E-state index contributed by atoms with van der Waals surface area (Å²) >= 11 is 5.82. The number of thiol groups is 1. The van der Waals surface area contributed by atoms with E-state index in [4.69, 9.17) is 11.6 Å². The van der Waals surface area contributed by atoms with Gasteiger partial charge in [0.1, 0.15) is 22.1 Å². The number of aromatic nitrogens is 2. The summed E-state index contributed by atoms with van der Waals surface area (Å²) in [5.74, 6) is -2.50. The number of benzene rings is 1. The Morgan fingerprint density at radius 2 is 2.09 bits per heavy atom. The predicted molar refractivity (Wildman–Crippen MR) is 78.4 cm³/mol. The molecule has 0 spiro atoms. The summed E-state index contributed by atoms with van der Waals surface area (Å²) in [7, 11) is -2.82. The zero-order valence-electron chi connectivity index (χ0n) is 11.4. The van der Waals surface area contributed by atoms with Crippen molar-refractivity contribution < 1.29 is 22.7 Å². The maximum atomic E-state index is 14.0. The molecular weight excluding hydrogens is 335 g/mol. The third-order valence-corrected chi connectivity index (χ3v) is 4.03. The van der Waals surface area contributed by atoms with Gasteiger partial charge in [-0.25, -0.2) is 17.5 Å². The SMILES string of the molecule is CCn1ncc(C(=O)c2ccc(C[SH](=O)=O)c(F)c2Cl)c1O. The molecule has 0 bridgehead atoms. The van der Waals surface area contributed by atoms with Crippen molar-refractivity contribution in [3.8, 4) is 5.88 Å². The van der Waals surface area contributed by atoms with Crippen LogP contribution in [0.15, 0.2) is 18.3 Å². The van der Waals surface area contributed by atoms with Gasteiger partial charge in [0.2, 0.25) is 11.7 Å². The fourth-order valence-corrected chi connectivity index (χ4v) is 2.73. The fourth-order valence-electron chi connectivity index (χ4n) is 1.94. The van der Waals surface area contributed by atoms with Crippen LogP contribution in [0.1, 0.15) is 28.4 Å². The van der Waals surface area contributed by atoms with E-state index in [0.717, 1.165) is 6.20 Å². The molecule has 22 heavy (non-hydrogen) atoms. The molecule has 0 atom stereocenters. The summed E-state index contributed by atoms with van der Waals surface area (Å²) in [4.78, 5) is 12.3. The van der Waals surface area contributed by atoms with Crippen molar-refractivity contribution in [3.63, 3.8) is 0 Å². The Kier molecular flexibility index (Phi) is 4.82. The number of aryl methyl sites for hydroxylation is 1. The van der Waals surface area contributed by atoms with Crippen LogP contribution in [0.25, 0.3) is 0 Å². The summed E-state index contributed by atoms with van der Waals surface area (Å²) in [6.45, 7) is 2.09. The molecule has 2 rings (SSSR count). The van der Waals surface area contributed by atoms with Gasteiger partial charge in [-0.15, -0.1) is 0 Å². The Labute approximate surface area is 132 Å². The molecule has 0 saturated carbocycles. The molecule has 0 unspecified atom stereocenters. The van der Waals surface area contributed by atoms with E-state index in [1.54, 1.807) is 6.92 Å². The summed E-state index contributed by atoms with van der Waals surface area (Å²) in [5.41, 5.74) is -0.396. The lowest BCUT2D eigenvalue weighted by atomic mass is 10.0. The van der Waals surface area contributed by atoms with Crippen molar-refractivity contribution in [1.29, 1.82) is 0 Å². The van der Waals surface area contributed by atoms with E-state index in [-0.39, 0.29) is 22.6 Å². The van der Waals surface area contributed by atoms with Crippen molar-refractivity contribution in [2.75, 3.05) is 0 Å². The minimum atomic E-state index is -2.82. The van der Waals surface area contributed by atoms with Crippen LogP contribution in [-0.2, 0) is 23.0 Å². The smallest absolute Gasteiger partial charge is 0.220 e. The molecule has 0 fully saturated rings. The van der Waals surface area contributed by atoms with Gasteiger partial charge < -0.3 is 5.11 Å². The van der Waals surface area contributed by atoms with Gasteiger partial charge in [0.15, 0.2) is 0 Å². The molecule has 0 radical (unpaired) electrons. The second kappa shape index (κ2) is 6.45. The number of carbonyl (C=O) groups is 1. The average Bonchev–Trinajstić information content (AvgIpc) is 2.84. The Hall–Kier alpha value is -1.93. The molecule has 0 saturated heterocycles. The summed E-state index contributed by atoms with van der Waals surface area (Å²) in [6, 6.07) is 2.41. The second-order valence-corrected chi connectivity index (χ2v) is 5.78. The minimum Gasteiger partial charge on any atom is -0.493 e. The van der Waals surface area contributed by atoms with Crippen LogP contribution >= 0.6 is 11.6 Å². The van der Waals surface area contributed by atoms with Gasteiger partial charge in [0.25, 0.3) is 0 Å². The molecule has 0 aliphatic heterocycles. The van der Waals surface area contributed by atoms with Gasteiger partial charge >= 0.3 is 0 Å². The predicted octanol–water partition coefficient (Wildman–Crippen LogP) is 1.74. The first kappa shape index (κ1) is 16.4. The van der Waals surface area contributed by atoms with E-state index in [9.17, 15) is 22.7 Å². The highest BCUT2D eigenvalue weighted by Gasteiger charge is 2.23. The summed E-state index contributed by atoms with van der Waals surface area (Å²) in [6.07, 6.45) is 1.16.